The Bertz CT molecular complexity index is 193. The summed E-state index contributed by atoms with van der Waals surface area (Å²) in [7, 11) is 0. The van der Waals surface area contributed by atoms with Crippen molar-refractivity contribution in [2.75, 3.05) is 26.2 Å². The minimum absolute atomic E-state index is 0.000692. The lowest BCUT2D eigenvalue weighted by Gasteiger charge is -2.12. The van der Waals surface area contributed by atoms with Crippen molar-refractivity contribution in [2.45, 2.75) is 6.42 Å². The molecule has 0 aromatic rings. The lowest BCUT2D eigenvalue weighted by atomic mass is 10.4. The number of likely N-dealkylation sites (tertiary alicyclic amines) is 1. The first kappa shape index (κ1) is 7.15. The van der Waals surface area contributed by atoms with E-state index in [-0.39, 0.29) is 6.61 Å². The fourth-order valence-electron chi connectivity index (χ4n) is 1.85. The molecule has 0 amide bonds. The fraction of sp³-hybridized carbons (Fsp3) is 0.778. The van der Waals surface area contributed by atoms with E-state index in [1.807, 2.05) is 0 Å². The summed E-state index contributed by atoms with van der Waals surface area (Å²) < 4.78 is 0. The zero-order valence-corrected chi connectivity index (χ0v) is 6.58. The maximum Gasteiger partial charge on any atom is 0.104 e. The third kappa shape index (κ3) is 1.55. The molecular formula is C9H13NO. The lowest BCUT2D eigenvalue weighted by Crippen LogP contribution is -2.22. The molecule has 1 aliphatic carbocycles. The molecule has 0 aromatic heterocycles. The van der Waals surface area contributed by atoms with Crippen LogP contribution in [0.2, 0.25) is 0 Å². The van der Waals surface area contributed by atoms with Gasteiger partial charge in [-0.05, 0) is 18.3 Å². The van der Waals surface area contributed by atoms with Gasteiger partial charge in [0.05, 0.1) is 6.54 Å². The minimum Gasteiger partial charge on any atom is -0.384 e. The molecular weight excluding hydrogens is 138 g/mol. The van der Waals surface area contributed by atoms with Crippen LogP contribution in [0.15, 0.2) is 0 Å². The molecule has 60 valence electrons. The molecule has 1 saturated heterocycles. The Labute approximate surface area is 67.2 Å². The van der Waals surface area contributed by atoms with Crippen LogP contribution >= 0.6 is 0 Å². The van der Waals surface area contributed by atoms with Gasteiger partial charge in [0.15, 0.2) is 0 Å². The van der Waals surface area contributed by atoms with Crippen molar-refractivity contribution in [3.05, 3.63) is 0 Å². The van der Waals surface area contributed by atoms with Crippen LogP contribution in [0.4, 0.5) is 0 Å². The van der Waals surface area contributed by atoms with E-state index >= 15 is 0 Å². The van der Waals surface area contributed by atoms with E-state index in [1.54, 1.807) is 0 Å². The van der Waals surface area contributed by atoms with Gasteiger partial charge >= 0.3 is 0 Å². The number of hydrogen-bond donors (Lipinski definition) is 1. The Morgan fingerprint density at radius 3 is 2.64 bits per heavy atom. The number of aliphatic hydroxyl groups is 1. The van der Waals surface area contributed by atoms with Gasteiger partial charge in [0.25, 0.3) is 0 Å². The highest BCUT2D eigenvalue weighted by atomic mass is 16.2. The number of nitrogens with zero attached hydrogens (tertiary/aromatic N) is 1. The van der Waals surface area contributed by atoms with Gasteiger partial charge in [0.1, 0.15) is 6.61 Å². The number of piperidine rings is 1. The van der Waals surface area contributed by atoms with Crippen molar-refractivity contribution in [1.29, 1.82) is 0 Å². The number of rotatable bonds is 1. The monoisotopic (exact) mass is 151 g/mol. The van der Waals surface area contributed by atoms with E-state index in [1.165, 1.54) is 19.5 Å². The van der Waals surface area contributed by atoms with Crippen LogP contribution in [0.1, 0.15) is 6.42 Å². The van der Waals surface area contributed by atoms with Crippen LogP contribution in [-0.2, 0) is 0 Å². The Morgan fingerprint density at radius 2 is 2.00 bits per heavy atom. The zero-order valence-electron chi connectivity index (χ0n) is 6.58. The van der Waals surface area contributed by atoms with Crippen molar-refractivity contribution in [1.82, 2.24) is 4.90 Å². The first-order chi connectivity index (χ1) is 5.40. The molecule has 1 heterocycles. The second kappa shape index (κ2) is 2.84. The van der Waals surface area contributed by atoms with Crippen LogP contribution in [0, 0.1) is 23.7 Å². The van der Waals surface area contributed by atoms with E-state index < -0.39 is 0 Å². The first-order valence-electron chi connectivity index (χ1n) is 4.19. The second-order valence-corrected chi connectivity index (χ2v) is 3.46. The van der Waals surface area contributed by atoms with Crippen LogP contribution < -0.4 is 0 Å². The molecule has 1 aliphatic heterocycles. The first-order valence-corrected chi connectivity index (χ1v) is 4.19. The standard InChI is InChI=1S/C9H13NO/c11-4-2-1-3-10-6-8-5-9(8)7-10/h8-9,11H,3-7H2/t8-,9+. The number of fused-ring (bicyclic) bond motifs is 1. The van der Waals surface area contributed by atoms with Gasteiger partial charge in [-0.15, -0.1) is 0 Å². The normalized spacial score (nSPS) is 34.3. The molecule has 11 heavy (non-hydrogen) atoms. The van der Waals surface area contributed by atoms with E-state index in [0.717, 1.165) is 18.4 Å². The molecule has 0 bridgehead atoms. The van der Waals surface area contributed by atoms with Crippen molar-refractivity contribution in [3.8, 4) is 11.8 Å². The average molecular weight is 151 g/mol. The van der Waals surface area contributed by atoms with Crippen LogP contribution in [0.3, 0.4) is 0 Å². The van der Waals surface area contributed by atoms with Crippen LogP contribution in [0.25, 0.3) is 0 Å². The van der Waals surface area contributed by atoms with Gasteiger partial charge < -0.3 is 5.11 Å². The van der Waals surface area contributed by atoms with Crippen molar-refractivity contribution in [3.63, 3.8) is 0 Å². The van der Waals surface area contributed by atoms with E-state index in [9.17, 15) is 0 Å². The van der Waals surface area contributed by atoms with Gasteiger partial charge in [0, 0.05) is 13.1 Å². The minimum atomic E-state index is 0.000692. The summed E-state index contributed by atoms with van der Waals surface area (Å²) in [6.45, 7) is 3.34. The number of hydrogen-bond acceptors (Lipinski definition) is 2. The summed E-state index contributed by atoms with van der Waals surface area (Å²) in [5.74, 6) is 7.60. The molecule has 0 unspecified atom stereocenters. The van der Waals surface area contributed by atoms with Gasteiger partial charge in [-0.25, -0.2) is 0 Å². The maximum absolute atomic E-state index is 8.41. The molecule has 2 aliphatic rings. The summed E-state index contributed by atoms with van der Waals surface area (Å²) in [6, 6.07) is 0. The highest BCUT2D eigenvalue weighted by Gasteiger charge is 2.44. The third-order valence-corrected chi connectivity index (χ3v) is 2.56. The molecule has 1 saturated carbocycles. The van der Waals surface area contributed by atoms with Crippen LogP contribution in [0.5, 0.6) is 0 Å². The number of aliphatic hydroxyl groups excluding tert-OH is 1. The summed E-state index contributed by atoms with van der Waals surface area (Å²) in [6.07, 6.45) is 1.45. The largest absolute Gasteiger partial charge is 0.384 e. The van der Waals surface area contributed by atoms with Crippen molar-refractivity contribution < 1.29 is 5.11 Å². The molecule has 2 nitrogen and oxygen atoms in total. The molecule has 0 spiro atoms. The van der Waals surface area contributed by atoms with Gasteiger partial charge in [-0.2, -0.15) is 0 Å². The molecule has 0 radical (unpaired) electrons. The highest BCUT2D eigenvalue weighted by molar-refractivity contribution is 5.05. The van der Waals surface area contributed by atoms with Gasteiger partial charge in [-0.1, -0.05) is 11.8 Å². The van der Waals surface area contributed by atoms with Crippen LogP contribution in [-0.4, -0.2) is 36.2 Å². The van der Waals surface area contributed by atoms with Crippen molar-refractivity contribution >= 4 is 0 Å². The molecule has 2 fully saturated rings. The molecule has 0 aromatic carbocycles. The van der Waals surface area contributed by atoms with Gasteiger partial charge in [-0.3, -0.25) is 4.90 Å². The zero-order chi connectivity index (χ0) is 7.68. The smallest absolute Gasteiger partial charge is 0.104 e. The van der Waals surface area contributed by atoms with E-state index in [2.05, 4.69) is 16.7 Å². The molecule has 1 N–H and O–H groups in total. The summed E-state index contributed by atoms with van der Waals surface area (Å²) in [5.41, 5.74) is 0. The van der Waals surface area contributed by atoms with E-state index in [4.69, 9.17) is 5.11 Å². The third-order valence-electron chi connectivity index (χ3n) is 2.56. The fourth-order valence-corrected chi connectivity index (χ4v) is 1.85. The maximum atomic E-state index is 8.41. The Kier molecular flexibility index (Phi) is 1.85. The average Bonchev–Trinajstić information content (AvgIpc) is 2.61. The molecule has 2 heteroatoms. The summed E-state index contributed by atoms with van der Waals surface area (Å²) >= 11 is 0. The Hall–Kier alpha value is -0.520. The second-order valence-electron chi connectivity index (χ2n) is 3.46. The summed E-state index contributed by atoms with van der Waals surface area (Å²) in [5, 5.41) is 8.41. The predicted molar refractivity (Wildman–Crippen MR) is 42.9 cm³/mol. The van der Waals surface area contributed by atoms with Gasteiger partial charge in [0.2, 0.25) is 0 Å². The predicted octanol–water partition coefficient (Wildman–Crippen LogP) is -0.0662. The molecule has 2 rings (SSSR count). The Balaban J connectivity index is 1.72. The van der Waals surface area contributed by atoms with E-state index in [0.29, 0.717) is 0 Å². The van der Waals surface area contributed by atoms with Crippen molar-refractivity contribution in [2.24, 2.45) is 11.8 Å². The Morgan fingerprint density at radius 1 is 1.27 bits per heavy atom. The lowest BCUT2D eigenvalue weighted by molar-refractivity contribution is 0.339. The highest BCUT2D eigenvalue weighted by Crippen LogP contribution is 2.44. The quantitative estimate of drug-likeness (QED) is 0.530. The summed E-state index contributed by atoms with van der Waals surface area (Å²) in [4.78, 5) is 2.38. The SMILES string of the molecule is OCC#CCN1C[C@H]2C[C@H]2C1. The topological polar surface area (TPSA) is 23.5 Å². The molecule has 2 atom stereocenters.